The van der Waals surface area contributed by atoms with Crippen molar-refractivity contribution in [2.24, 2.45) is 0 Å². The van der Waals surface area contributed by atoms with E-state index in [9.17, 15) is 0 Å². The van der Waals surface area contributed by atoms with Crippen LogP contribution in [0, 0.1) is 20.8 Å². The highest BCUT2D eigenvalue weighted by Gasteiger charge is 2.06. The smallest absolute Gasteiger partial charge is 0.0708 e. The molecule has 0 radical (unpaired) electrons. The maximum atomic E-state index is 4.58. The molecule has 0 N–H and O–H groups in total. The minimum Gasteiger partial charge on any atom is -0.256 e. The summed E-state index contributed by atoms with van der Waals surface area (Å²) in [6.45, 7) is 6.33. The molecule has 0 aliphatic heterocycles. The van der Waals surface area contributed by atoms with Crippen molar-refractivity contribution in [3.05, 3.63) is 77.5 Å². The minimum absolute atomic E-state index is 1.02. The van der Waals surface area contributed by atoms with Gasteiger partial charge in [-0.15, -0.1) is 0 Å². The Kier molecular flexibility index (Phi) is 3.57. The number of rotatable bonds is 2. The Balaban J connectivity index is 2.07. The number of benzene rings is 2. The molecule has 3 rings (SSSR count). The summed E-state index contributed by atoms with van der Waals surface area (Å²) in [6, 6.07) is 19.4. The van der Waals surface area contributed by atoms with Crippen LogP contribution in [0.5, 0.6) is 0 Å². The van der Waals surface area contributed by atoms with Crippen molar-refractivity contribution in [3.8, 4) is 22.4 Å². The monoisotopic (exact) mass is 273 g/mol. The molecule has 0 aliphatic carbocycles. The van der Waals surface area contributed by atoms with E-state index in [-0.39, 0.29) is 0 Å². The second-order valence-corrected chi connectivity index (χ2v) is 5.62. The first-order valence-electron chi connectivity index (χ1n) is 7.24. The van der Waals surface area contributed by atoms with E-state index >= 15 is 0 Å². The fourth-order valence-electron chi connectivity index (χ4n) is 2.45. The van der Waals surface area contributed by atoms with E-state index in [4.69, 9.17) is 0 Å². The molecule has 1 nitrogen and oxygen atoms in total. The molecule has 104 valence electrons. The Bertz CT molecular complexity index is 753. The van der Waals surface area contributed by atoms with Gasteiger partial charge in [0, 0.05) is 11.8 Å². The molecule has 0 saturated heterocycles. The van der Waals surface area contributed by atoms with E-state index in [1.54, 1.807) is 0 Å². The number of hydrogen-bond acceptors (Lipinski definition) is 1. The van der Waals surface area contributed by atoms with Gasteiger partial charge in [-0.3, -0.25) is 4.98 Å². The molecule has 2 aromatic carbocycles. The van der Waals surface area contributed by atoms with E-state index in [0.29, 0.717) is 0 Å². The topological polar surface area (TPSA) is 12.9 Å². The van der Waals surface area contributed by atoms with Crippen LogP contribution in [0.3, 0.4) is 0 Å². The van der Waals surface area contributed by atoms with Crippen molar-refractivity contribution in [1.82, 2.24) is 4.98 Å². The van der Waals surface area contributed by atoms with Crippen LogP contribution in [0.1, 0.15) is 16.7 Å². The molecular weight excluding hydrogens is 254 g/mol. The van der Waals surface area contributed by atoms with Crippen LogP contribution < -0.4 is 0 Å². The summed E-state index contributed by atoms with van der Waals surface area (Å²) in [5.74, 6) is 0. The molecule has 0 spiro atoms. The summed E-state index contributed by atoms with van der Waals surface area (Å²) in [6.07, 6.45) is 1.96. The third kappa shape index (κ3) is 2.87. The third-order valence-corrected chi connectivity index (χ3v) is 3.81. The van der Waals surface area contributed by atoms with Gasteiger partial charge in [0.05, 0.1) is 5.69 Å². The largest absolute Gasteiger partial charge is 0.256 e. The van der Waals surface area contributed by atoms with Gasteiger partial charge in [0.2, 0.25) is 0 Å². The van der Waals surface area contributed by atoms with Crippen LogP contribution in [0.25, 0.3) is 22.4 Å². The lowest BCUT2D eigenvalue weighted by atomic mass is 9.98. The summed E-state index contributed by atoms with van der Waals surface area (Å²) >= 11 is 0. The van der Waals surface area contributed by atoms with Crippen LogP contribution in [-0.4, -0.2) is 4.98 Å². The van der Waals surface area contributed by atoms with Crippen LogP contribution in [-0.2, 0) is 0 Å². The second kappa shape index (κ2) is 5.53. The predicted octanol–water partition coefficient (Wildman–Crippen LogP) is 5.34. The second-order valence-electron chi connectivity index (χ2n) is 5.62. The maximum absolute atomic E-state index is 4.58. The summed E-state index contributed by atoms with van der Waals surface area (Å²) in [4.78, 5) is 4.58. The molecule has 1 aromatic heterocycles. The Labute approximate surface area is 126 Å². The lowest BCUT2D eigenvalue weighted by Gasteiger charge is -2.09. The summed E-state index contributed by atoms with van der Waals surface area (Å²) < 4.78 is 0. The van der Waals surface area contributed by atoms with Crippen LogP contribution in [0.15, 0.2) is 60.8 Å². The van der Waals surface area contributed by atoms with Gasteiger partial charge < -0.3 is 0 Å². The Morgan fingerprint density at radius 2 is 1.19 bits per heavy atom. The Hall–Kier alpha value is -2.41. The van der Waals surface area contributed by atoms with E-state index < -0.39 is 0 Å². The average molecular weight is 273 g/mol. The molecule has 0 fully saturated rings. The van der Waals surface area contributed by atoms with Gasteiger partial charge in [-0.2, -0.15) is 0 Å². The molecule has 3 aromatic rings. The van der Waals surface area contributed by atoms with Crippen LogP contribution >= 0.6 is 0 Å². The van der Waals surface area contributed by atoms with Crippen molar-refractivity contribution in [1.29, 1.82) is 0 Å². The molecule has 1 heterocycles. The molecule has 0 unspecified atom stereocenters. The van der Waals surface area contributed by atoms with Gasteiger partial charge in [-0.05, 0) is 43.5 Å². The number of aryl methyl sites for hydroxylation is 3. The zero-order chi connectivity index (χ0) is 14.8. The first-order chi connectivity index (χ1) is 10.1. The highest BCUT2D eigenvalue weighted by atomic mass is 14.7. The van der Waals surface area contributed by atoms with Crippen molar-refractivity contribution in [2.75, 3.05) is 0 Å². The van der Waals surface area contributed by atoms with Crippen LogP contribution in [0.2, 0.25) is 0 Å². The molecule has 0 atom stereocenters. The summed E-state index contributed by atoms with van der Waals surface area (Å²) in [5, 5.41) is 0. The first kappa shape index (κ1) is 13.6. The molecular formula is C20H19N. The number of aromatic nitrogens is 1. The van der Waals surface area contributed by atoms with Gasteiger partial charge in [0.25, 0.3) is 0 Å². The molecule has 0 amide bonds. The minimum atomic E-state index is 1.02. The lowest BCUT2D eigenvalue weighted by Crippen LogP contribution is -1.90. The van der Waals surface area contributed by atoms with E-state index in [1.807, 2.05) is 6.20 Å². The molecule has 0 saturated carbocycles. The average Bonchev–Trinajstić information content (AvgIpc) is 2.50. The Morgan fingerprint density at radius 1 is 0.667 bits per heavy atom. The summed E-state index contributed by atoms with van der Waals surface area (Å²) in [5.41, 5.74) is 8.43. The van der Waals surface area contributed by atoms with E-state index in [2.05, 4.69) is 80.4 Å². The molecule has 0 aliphatic rings. The van der Waals surface area contributed by atoms with Crippen molar-refractivity contribution in [3.63, 3.8) is 0 Å². The van der Waals surface area contributed by atoms with E-state index in [1.165, 1.54) is 27.8 Å². The van der Waals surface area contributed by atoms with Crippen molar-refractivity contribution < 1.29 is 0 Å². The number of pyridine rings is 1. The highest BCUT2D eigenvalue weighted by molar-refractivity contribution is 5.73. The highest BCUT2D eigenvalue weighted by Crippen LogP contribution is 2.28. The molecule has 21 heavy (non-hydrogen) atoms. The van der Waals surface area contributed by atoms with Crippen LogP contribution in [0.4, 0.5) is 0 Å². The van der Waals surface area contributed by atoms with Gasteiger partial charge in [-0.25, -0.2) is 0 Å². The van der Waals surface area contributed by atoms with E-state index in [0.717, 1.165) is 11.3 Å². The SMILES string of the molecule is Cc1ccc(-c2cc(-c3ccc(C)cc3)c(C)cn2)cc1. The fraction of sp³-hybridized carbons (Fsp3) is 0.150. The standard InChI is InChI=1S/C20H19N/c1-14-4-8-17(9-5-14)19-12-20(21-13-16(19)3)18-10-6-15(2)7-11-18/h4-13H,1-3H3. The number of nitrogens with zero attached hydrogens (tertiary/aromatic N) is 1. The number of hydrogen-bond donors (Lipinski definition) is 0. The van der Waals surface area contributed by atoms with Gasteiger partial charge >= 0.3 is 0 Å². The zero-order valence-electron chi connectivity index (χ0n) is 12.7. The molecule has 0 bridgehead atoms. The van der Waals surface area contributed by atoms with Gasteiger partial charge in [0.15, 0.2) is 0 Å². The van der Waals surface area contributed by atoms with Gasteiger partial charge in [-0.1, -0.05) is 59.7 Å². The summed E-state index contributed by atoms with van der Waals surface area (Å²) in [7, 11) is 0. The fourth-order valence-corrected chi connectivity index (χ4v) is 2.45. The Morgan fingerprint density at radius 3 is 1.76 bits per heavy atom. The lowest BCUT2D eigenvalue weighted by molar-refractivity contribution is 1.27. The maximum Gasteiger partial charge on any atom is 0.0708 e. The van der Waals surface area contributed by atoms with Crippen molar-refractivity contribution >= 4 is 0 Å². The van der Waals surface area contributed by atoms with Gasteiger partial charge in [0.1, 0.15) is 0 Å². The normalized spacial score (nSPS) is 10.6. The predicted molar refractivity (Wildman–Crippen MR) is 89.3 cm³/mol. The quantitative estimate of drug-likeness (QED) is 0.614. The third-order valence-electron chi connectivity index (χ3n) is 3.81. The zero-order valence-corrected chi connectivity index (χ0v) is 12.7. The van der Waals surface area contributed by atoms with Crippen molar-refractivity contribution in [2.45, 2.75) is 20.8 Å². The first-order valence-corrected chi connectivity index (χ1v) is 7.24. The molecule has 1 heteroatoms.